The van der Waals surface area contributed by atoms with Gasteiger partial charge in [-0.1, -0.05) is 29.8 Å². The Kier molecular flexibility index (Phi) is 5.35. The Morgan fingerprint density at radius 3 is 2.76 bits per heavy atom. The molecule has 0 unspecified atom stereocenters. The zero-order valence-corrected chi connectivity index (χ0v) is 16.7. The van der Waals surface area contributed by atoms with E-state index in [2.05, 4.69) is 15.5 Å². The second-order valence-corrected chi connectivity index (χ2v) is 7.98. The quantitative estimate of drug-likeness (QED) is 0.633. The van der Waals surface area contributed by atoms with Crippen LogP contribution in [-0.4, -0.2) is 27.3 Å². The van der Waals surface area contributed by atoms with Crippen LogP contribution in [0.4, 0.5) is 5.69 Å². The van der Waals surface area contributed by atoms with E-state index in [-0.39, 0.29) is 18.2 Å². The maximum Gasteiger partial charge on any atom is 0.308 e. The first-order chi connectivity index (χ1) is 14.0. The summed E-state index contributed by atoms with van der Waals surface area (Å²) < 4.78 is 11.1. The smallest absolute Gasteiger partial charge is 0.308 e. The first-order valence-electron chi connectivity index (χ1n) is 9.16. The summed E-state index contributed by atoms with van der Waals surface area (Å²) in [4.78, 5) is 25.5. The zero-order chi connectivity index (χ0) is 20.4. The molecule has 2 atom stereocenters. The second-order valence-electron chi connectivity index (χ2n) is 6.74. The molecule has 1 aliphatic rings. The summed E-state index contributed by atoms with van der Waals surface area (Å²) in [5, 5.41) is 10.3. The molecule has 0 bridgehead atoms. The number of carbonyl (C=O) groups is 2. The lowest BCUT2D eigenvalue weighted by Gasteiger charge is -2.23. The van der Waals surface area contributed by atoms with Crippen LogP contribution in [0.3, 0.4) is 0 Å². The number of fused-ring (bicyclic) bond motifs is 1. The van der Waals surface area contributed by atoms with Crippen LogP contribution in [-0.2, 0) is 14.3 Å². The van der Waals surface area contributed by atoms with Crippen molar-refractivity contribution in [3.8, 4) is 11.5 Å². The highest BCUT2D eigenvalue weighted by Crippen LogP contribution is 2.37. The fourth-order valence-corrected chi connectivity index (χ4v) is 3.98. The van der Waals surface area contributed by atoms with Crippen LogP contribution in [0.2, 0.25) is 0 Å². The van der Waals surface area contributed by atoms with E-state index in [4.69, 9.17) is 9.15 Å². The third-order valence-corrected chi connectivity index (χ3v) is 5.73. The van der Waals surface area contributed by atoms with E-state index >= 15 is 0 Å². The van der Waals surface area contributed by atoms with Crippen molar-refractivity contribution >= 4 is 29.3 Å². The first kappa shape index (κ1) is 19.2. The van der Waals surface area contributed by atoms with Crippen LogP contribution in [0.25, 0.3) is 11.5 Å². The van der Waals surface area contributed by atoms with Crippen molar-refractivity contribution in [2.75, 3.05) is 5.32 Å². The summed E-state index contributed by atoms with van der Waals surface area (Å²) in [6.45, 7) is 3.65. The molecule has 1 aromatic heterocycles. The molecule has 3 aromatic rings. The highest BCUT2D eigenvalue weighted by molar-refractivity contribution is 8.01. The number of esters is 1. The van der Waals surface area contributed by atoms with Gasteiger partial charge in [0.1, 0.15) is 0 Å². The van der Waals surface area contributed by atoms with Crippen LogP contribution in [0, 0.1) is 6.92 Å². The highest BCUT2D eigenvalue weighted by Gasteiger charge is 2.30. The average Bonchev–Trinajstić information content (AvgIpc) is 3.19. The number of aromatic nitrogens is 2. The number of thioether (sulfide) groups is 1. The number of nitrogens with zero attached hydrogens (tertiary/aromatic N) is 2. The van der Waals surface area contributed by atoms with E-state index in [1.807, 2.05) is 55.5 Å². The number of ether oxygens (including phenoxy) is 1. The summed E-state index contributed by atoms with van der Waals surface area (Å²) in [7, 11) is 0. The molecule has 0 spiro atoms. The van der Waals surface area contributed by atoms with E-state index in [0.29, 0.717) is 5.89 Å². The second kappa shape index (κ2) is 8.08. The number of rotatable bonds is 5. The number of amides is 1. The Morgan fingerprint density at radius 2 is 1.97 bits per heavy atom. The number of hydrogen-bond acceptors (Lipinski definition) is 7. The van der Waals surface area contributed by atoms with Crippen LogP contribution in [0.15, 0.2) is 57.8 Å². The zero-order valence-electron chi connectivity index (χ0n) is 15.9. The lowest BCUT2D eigenvalue weighted by molar-refractivity contribution is -0.150. The van der Waals surface area contributed by atoms with Gasteiger partial charge < -0.3 is 14.5 Å². The topological polar surface area (TPSA) is 94.3 Å². The first-order valence-corrected chi connectivity index (χ1v) is 10.0. The number of anilines is 1. The largest absolute Gasteiger partial charge is 0.453 e. The molecule has 7 nitrogen and oxygen atoms in total. The van der Waals surface area contributed by atoms with Gasteiger partial charge in [-0.05, 0) is 38.1 Å². The van der Waals surface area contributed by atoms with Gasteiger partial charge in [-0.3, -0.25) is 9.59 Å². The molecule has 0 aliphatic carbocycles. The summed E-state index contributed by atoms with van der Waals surface area (Å²) in [5.41, 5.74) is 2.68. The van der Waals surface area contributed by atoms with Crippen molar-refractivity contribution in [3.63, 3.8) is 0 Å². The van der Waals surface area contributed by atoms with Crippen molar-refractivity contribution in [2.24, 2.45) is 0 Å². The number of carbonyl (C=O) groups excluding carboxylic acids is 2. The van der Waals surface area contributed by atoms with Gasteiger partial charge >= 0.3 is 5.97 Å². The summed E-state index contributed by atoms with van der Waals surface area (Å²) in [6, 6.07) is 15.2. The minimum atomic E-state index is -0.710. The van der Waals surface area contributed by atoms with Crippen molar-refractivity contribution in [1.29, 1.82) is 0 Å². The Balaban J connectivity index is 1.38. The number of para-hydroxylation sites is 1. The highest BCUT2D eigenvalue weighted by atomic mass is 32.2. The van der Waals surface area contributed by atoms with Gasteiger partial charge in [-0.25, -0.2) is 0 Å². The van der Waals surface area contributed by atoms with Crippen LogP contribution in [0.1, 0.15) is 30.9 Å². The van der Waals surface area contributed by atoms with Crippen molar-refractivity contribution < 1.29 is 18.7 Å². The molecular weight excluding hydrogens is 390 g/mol. The summed E-state index contributed by atoms with van der Waals surface area (Å²) in [6.07, 6.45) is -0.758. The van der Waals surface area contributed by atoms with Gasteiger partial charge in [0.05, 0.1) is 17.4 Å². The van der Waals surface area contributed by atoms with E-state index in [1.165, 1.54) is 11.8 Å². The molecule has 148 valence electrons. The predicted octanol–water partition coefficient (Wildman–Crippen LogP) is 4.15. The maximum absolute atomic E-state index is 12.4. The normalized spacial score (nSPS) is 16.6. The minimum Gasteiger partial charge on any atom is -0.453 e. The molecule has 0 saturated heterocycles. The molecule has 2 aromatic carbocycles. The van der Waals surface area contributed by atoms with E-state index in [9.17, 15) is 9.59 Å². The van der Waals surface area contributed by atoms with Crippen LogP contribution >= 0.6 is 11.8 Å². The molecule has 1 aliphatic heterocycles. The molecule has 29 heavy (non-hydrogen) atoms. The molecule has 1 N–H and O–H groups in total. The SMILES string of the molecule is Cc1ccc(-c2nnc([C@@H](C)OC(=O)C[C@@H]3Sc4ccccc4NC3=O)o2)cc1. The van der Waals surface area contributed by atoms with Gasteiger partial charge in [-0.15, -0.1) is 22.0 Å². The van der Waals surface area contributed by atoms with Gasteiger partial charge in [0.15, 0.2) is 6.10 Å². The lowest BCUT2D eigenvalue weighted by Crippen LogP contribution is -2.31. The molecule has 8 heteroatoms. The Morgan fingerprint density at radius 1 is 1.21 bits per heavy atom. The fraction of sp³-hybridized carbons (Fsp3) is 0.238. The number of nitrogens with one attached hydrogen (secondary N) is 1. The van der Waals surface area contributed by atoms with E-state index in [1.54, 1.807) is 6.92 Å². The molecule has 2 heterocycles. The summed E-state index contributed by atoms with van der Waals surface area (Å²) >= 11 is 1.35. The van der Waals surface area contributed by atoms with Gasteiger partial charge in [-0.2, -0.15) is 0 Å². The van der Waals surface area contributed by atoms with Gasteiger partial charge in [0.2, 0.25) is 11.8 Å². The number of hydrogen-bond donors (Lipinski definition) is 1. The van der Waals surface area contributed by atoms with Crippen molar-refractivity contribution in [2.45, 2.75) is 36.5 Å². The predicted molar refractivity (Wildman–Crippen MR) is 108 cm³/mol. The molecular formula is C21H19N3O4S. The Bertz CT molecular complexity index is 1050. The fourth-order valence-electron chi connectivity index (χ4n) is 2.89. The summed E-state index contributed by atoms with van der Waals surface area (Å²) in [5.74, 6) is -0.140. The van der Waals surface area contributed by atoms with Gasteiger partial charge in [0.25, 0.3) is 5.89 Å². The molecule has 4 rings (SSSR count). The number of benzene rings is 2. The average molecular weight is 409 g/mol. The third kappa shape index (κ3) is 4.32. The molecule has 1 amide bonds. The van der Waals surface area contributed by atoms with Gasteiger partial charge in [0, 0.05) is 10.5 Å². The van der Waals surface area contributed by atoms with Crippen LogP contribution in [0.5, 0.6) is 0 Å². The maximum atomic E-state index is 12.4. The molecule has 0 fully saturated rings. The van der Waals surface area contributed by atoms with Crippen molar-refractivity contribution in [1.82, 2.24) is 10.2 Å². The lowest BCUT2D eigenvalue weighted by atomic mass is 10.1. The molecule has 0 saturated carbocycles. The number of aryl methyl sites for hydroxylation is 1. The minimum absolute atomic E-state index is 0.0475. The van der Waals surface area contributed by atoms with Crippen molar-refractivity contribution in [3.05, 3.63) is 60.0 Å². The molecule has 0 radical (unpaired) electrons. The van der Waals surface area contributed by atoms with Crippen LogP contribution < -0.4 is 5.32 Å². The van der Waals surface area contributed by atoms with E-state index < -0.39 is 17.3 Å². The Labute approximate surface area is 171 Å². The van der Waals surface area contributed by atoms with E-state index in [0.717, 1.165) is 21.7 Å². The standard InChI is InChI=1S/C21H19N3O4S/c1-12-7-9-14(10-8-12)21-24-23-20(28-21)13(2)27-18(25)11-17-19(26)22-15-5-3-4-6-16(15)29-17/h3-10,13,17H,11H2,1-2H3,(H,22,26)/t13-,17+/m1/s1. The third-order valence-electron chi connectivity index (χ3n) is 4.45. The Hall–Kier alpha value is -3.13. The monoisotopic (exact) mass is 409 g/mol.